The normalized spacial score (nSPS) is 12.0. The molecule has 0 aliphatic heterocycles. The Hall–Kier alpha value is -3.71. The van der Waals surface area contributed by atoms with Crippen LogP contribution in [0.5, 0.6) is 0 Å². The molecule has 2 aliphatic rings. The predicted molar refractivity (Wildman–Crippen MR) is 127 cm³/mol. The van der Waals surface area contributed by atoms with Gasteiger partial charge in [0.1, 0.15) is 0 Å². The Balaban J connectivity index is 0.000000457. The molecule has 7 heteroatoms. The largest absolute Gasteiger partial charge is 4.00 e. The van der Waals surface area contributed by atoms with Crippen molar-refractivity contribution in [2.24, 2.45) is 0 Å². The third kappa shape index (κ3) is 13.6. The summed E-state index contributed by atoms with van der Waals surface area (Å²) in [4.78, 5) is 18.6. The second-order valence-corrected chi connectivity index (χ2v) is 6.58. The van der Waals surface area contributed by atoms with Crippen LogP contribution >= 0.6 is 0 Å². The average molecular weight is 635 g/mol. The van der Waals surface area contributed by atoms with Crippen LogP contribution in [0.2, 0.25) is 0 Å². The number of aliphatic carboxylic acids is 2. The molecule has 0 saturated carbocycles. The van der Waals surface area contributed by atoms with Crippen molar-refractivity contribution in [3.63, 3.8) is 0 Å². The molecule has 4 rings (SSSR count). The van der Waals surface area contributed by atoms with E-state index in [0.29, 0.717) is 0 Å². The third-order valence-corrected chi connectivity index (χ3v) is 4.04. The summed E-state index contributed by atoms with van der Waals surface area (Å²) in [5, 5.41) is 34.0. The summed E-state index contributed by atoms with van der Waals surface area (Å²) < 4.78 is 0. The maximum Gasteiger partial charge on any atom is 4.00 e. The number of carboxylic acid groups (broad SMARTS) is 2. The van der Waals surface area contributed by atoms with Crippen molar-refractivity contribution >= 4 is 23.1 Å². The van der Waals surface area contributed by atoms with Crippen molar-refractivity contribution in [3.05, 3.63) is 133 Å². The Bertz CT molecular complexity index is 983. The molecule has 0 fully saturated rings. The van der Waals surface area contributed by atoms with Crippen molar-refractivity contribution in [1.29, 1.82) is 0 Å². The number of carbonyl (C=O) groups is 2. The molecule has 0 spiro atoms. The second kappa shape index (κ2) is 17.7. The zero-order valence-electron chi connectivity index (χ0n) is 18.9. The van der Waals surface area contributed by atoms with Gasteiger partial charge < -0.3 is 20.4 Å². The molecule has 35 heavy (non-hydrogen) atoms. The predicted octanol–water partition coefficient (Wildman–Crippen LogP) is 3.55. The van der Waals surface area contributed by atoms with E-state index in [-0.39, 0.29) is 25.8 Å². The standard InChI is InChI=1S/2C11H9.2C3H4O3.Hf/c2*1-2-6-10(7-3-1)11-8-4-5-9-11;2*1-2(4)3(5)6;/h2*1-4,6-8H,5H2;2*4H,1H2,(H,5,6);/q2*-1;;;+4/p-2. The minimum Gasteiger partial charge on any atom is -0.868 e. The van der Waals surface area contributed by atoms with E-state index in [0.717, 1.165) is 12.8 Å². The summed E-state index contributed by atoms with van der Waals surface area (Å²) in [5.74, 6) is -5.13. The van der Waals surface area contributed by atoms with Crippen LogP contribution in [0.4, 0.5) is 0 Å². The van der Waals surface area contributed by atoms with E-state index in [2.05, 4.69) is 98.1 Å². The van der Waals surface area contributed by atoms with Gasteiger partial charge in [0, 0.05) is 0 Å². The molecule has 0 unspecified atom stereocenters. The molecule has 2 N–H and O–H groups in total. The molecule has 2 aliphatic carbocycles. The zero-order chi connectivity index (χ0) is 25.3. The van der Waals surface area contributed by atoms with E-state index in [1.165, 1.54) is 22.3 Å². The van der Waals surface area contributed by atoms with Crippen molar-refractivity contribution < 1.29 is 55.9 Å². The van der Waals surface area contributed by atoms with Gasteiger partial charge in [-0.3, -0.25) is 0 Å². The smallest absolute Gasteiger partial charge is 0.868 e. The monoisotopic (exact) mass is 636 g/mol. The molecule has 0 amide bonds. The topological polar surface area (TPSA) is 121 Å². The molecule has 0 saturated heterocycles. The maximum absolute atomic E-state index is 9.43. The molecular formula is C28H24HfO6. The number of carboxylic acids is 2. The van der Waals surface area contributed by atoms with E-state index in [1.54, 1.807) is 0 Å². The van der Waals surface area contributed by atoms with Crippen molar-refractivity contribution in [3.8, 4) is 0 Å². The number of benzene rings is 2. The molecule has 176 valence electrons. The van der Waals surface area contributed by atoms with Crippen LogP contribution in [0.1, 0.15) is 24.0 Å². The molecule has 2 aromatic rings. The first-order valence-corrected chi connectivity index (χ1v) is 10.1. The Labute approximate surface area is 224 Å². The van der Waals surface area contributed by atoms with Crippen LogP contribution in [0, 0.1) is 12.2 Å². The van der Waals surface area contributed by atoms with Crippen LogP contribution in [-0.2, 0) is 35.4 Å². The van der Waals surface area contributed by atoms with Gasteiger partial charge in [-0.05, 0) is 11.5 Å². The molecular weight excluding hydrogens is 611 g/mol. The number of allylic oxidation sites excluding steroid dienone is 8. The first-order valence-electron chi connectivity index (χ1n) is 10.1. The van der Waals surface area contributed by atoms with Crippen molar-refractivity contribution in [2.45, 2.75) is 12.8 Å². The SMILES string of the molecule is C=C([O-])C(=O)O.C=C([O-])C(=O)O.[C-]1=C(c2ccccc2)C=CC1.[C-]1=C(c2ccccc2)C=CC1.[Hf+4]. The van der Waals surface area contributed by atoms with E-state index in [9.17, 15) is 19.8 Å². The van der Waals surface area contributed by atoms with E-state index < -0.39 is 23.5 Å². The van der Waals surface area contributed by atoms with Gasteiger partial charge in [-0.2, -0.15) is 35.5 Å². The van der Waals surface area contributed by atoms with Crippen molar-refractivity contribution in [1.82, 2.24) is 0 Å². The van der Waals surface area contributed by atoms with Crippen LogP contribution in [-0.4, -0.2) is 22.2 Å². The Morgan fingerprint density at radius 3 is 1.17 bits per heavy atom. The van der Waals surface area contributed by atoms with Gasteiger partial charge in [0.15, 0.2) is 0 Å². The summed E-state index contributed by atoms with van der Waals surface area (Å²) in [6.45, 7) is 5.20. The minimum absolute atomic E-state index is 0. The summed E-state index contributed by atoms with van der Waals surface area (Å²) in [5.41, 5.74) is 4.98. The van der Waals surface area contributed by atoms with Gasteiger partial charge in [0.25, 0.3) is 0 Å². The van der Waals surface area contributed by atoms with E-state index in [1.807, 2.05) is 12.1 Å². The zero-order valence-corrected chi connectivity index (χ0v) is 22.5. The molecule has 0 radical (unpaired) electrons. The van der Waals surface area contributed by atoms with Gasteiger partial charge in [-0.15, -0.1) is 47.5 Å². The Morgan fingerprint density at radius 2 is 0.971 bits per heavy atom. The summed E-state index contributed by atoms with van der Waals surface area (Å²) in [6.07, 6.45) is 17.0. The summed E-state index contributed by atoms with van der Waals surface area (Å²) in [7, 11) is 0. The van der Waals surface area contributed by atoms with Crippen LogP contribution in [0.25, 0.3) is 11.1 Å². The van der Waals surface area contributed by atoms with Crippen LogP contribution < -0.4 is 10.2 Å². The van der Waals surface area contributed by atoms with Gasteiger partial charge in [-0.25, -0.2) is 9.59 Å². The maximum atomic E-state index is 9.43. The molecule has 0 heterocycles. The molecule has 0 atom stereocenters. The fraction of sp³-hybridized carbons (Fsp3) is 0.0714. The quantitative estimate of drug-likeness (QED) is 0.230. The van der Waals surface area contributed by atoms with Crippen LogP contribution in [0.15, 0.2) is 110 Å². The van der Waals surface area contributed by atoms with E-state index >= 15 is 0 Å². The van der Waals surface area contributed by atoms with E-state index in [4.69, 9.17) is 10.2 Å². The average Bonchev–Trinajstić information content (AvgIpc) is 3.56. The van der Waals surface area contributed by atoms with Gasteiger partial charge in [-0.1, -0.05) is 62.4 Å². The summed E-state index contributed by atoms with van der Waals surface area (Å²) in [6, 6.07) is 20.7. The molecule has 6 nitrogen and oxygen atoms in total. The molecule has 0 bridgehead atoms. The first-order chi connectivity index (χ1) is 16.2. The van der Waals surface area contributed by atoms with Gasteiger partial charge in [0.2, 0.25) is 0 Å². The Morgan fingerprint density at radius 1 is 0.686 bits per heavy atom. The van der Waals surface area contributed by atoms with Gasteiger partial charge in [0.05, 0.1) is 0 Å². The number of hydrogen-bond donors (Lipinski definition) is 2. The summed E-state index contributed by atoms with van der Waals surface area (Å²) >= 11 is 0. The van der Waals surface area contributed by atoms with Crippen molar-refractivity contribution in [2.75, 3.05) is 0 Å². The number of rotatable bonds is 4. The molecule has 2 aromatic carbocycles. The minimum atomic E-state index is -1.49. The first kappa shape index (κ1) is 31.3. The number of hydrogen-bond acceptors (Lipinski definition) is 4. The molecule has 0 aromatic heterocycles. The second-order valence-electron chi connectivity index (χ2n) is 6.58. The third-order valence-electron chi connectivity index (χ3n) is 4.04. The fourth-order valence-electron chi connectivity index (χ4n) is 2.44. The van der Waals surface area contributed by atoms with Gasteiger partial charge >= 0.3 is 37.8 Å². The Kier molecular flexibility index (Phi) is 15.8. The fourth-order valence-corrected chi connectivity index (χ4v) is 2.44. The van der Waals surface area contributed by atoms with Crippen LogP contribution in [0.3, 0.4) is 0 Å².